The number of benzene rings is 1. The molecule has 0 aliphatic heterocycles. The van der Waals surface area contributed by atoms with Crippen LogP contribution in [-0.4, -0.2) is 16.6 Å². The number of carbonyl (C=O) groups excluding carboxylic acids is 1. The first kappa shape index (κ1) is 14.2. The summed E-state index contributed by atoms with van der Waals surface area (Å²) in [6.45, 7) is 1.88. The standard InChI is InChI=1S/C12H12ClN3OS2/c1-7-5-19-12(15-7)16-11(17)6-18-10-4-8(13)2-3-9(10)14/h2-5H,6,14H2,1H3,(H,15,16,17). The summed E-state index contributed by atoms with van der Waals surface area (Å²) >= 11 is 8.64. The van der Waals surface area contributed by atoms with Crippen LogP contribution in [0, 0.1) is 6.92 Å². The molecule has 1 aromatic heterocycles. The maximum absolute atomic E-state index is 11.8. The van der Waals surface area contributed by atoms with Crippen LogP contribution in [0.1, 0.15) is 5.69 Å². The SMILES string of the molecule is Cc1csc(NC(=O)CSc2cc(Cl)ccc2N)n1. The predicted molar refractivity (Wildman–Crippen MR) is 82.1 cm³/mol. The van der Waals surface area contributed by atoms with Gasteiger partial charge in [-0.15, -0.1) is 23.1 Å². The van der Waals surface area contributed by atoms with Gasteiger partial charge in [0, 0.05) is 21.0 Å². The lowest BCUT2D eigenvalue weighted by Crippen LogP contribution is -2.13. The number of halogens is 1. The van der Waals surface area contributed by atoms with Crippen LogP contribution in [0.2, 0.25) is 5.02 Å². The molecule has 19 heavy (non-hydrogen) atoms. The number of hydrogen-bond donors (Lipinski definition) is 2. The molecular weight excluding hydrogens is 302 g/mol. The first-order valence-corrected chi connectivity index (χ1v) is 7.69. The molecule has 0 radical (unpaired) electrons. The number of thiazole rings is 1. The minimum Gasteiger partial charge on any atom is -0.398 e. The van der Waals surface area contributed by atoms with Crippen LogP contribution >= 0.6 is 34.7 Å². The average molecular weight is 314 g/mol. The van der Waals surface area contributed by atoms with E-state index < -0.39 is 0 Å². The smallest absolute Gasteiger partial charge is 0.236 e. The first-order chi connectivity index (χ1) is 9.04. The summed E-state index contributed by atoms with van der Waals surface area (Å²) in [5.41, 5.74) is 7.32. The summed E-state index contributed by atoms with van der Waals surface area (Å²) in [7, 11) is 0. The van der Waals surface area contributed by atoms with Gasteiger partial charge in [0.1, 0.15) is 0 Å². The lowest BCUT2D eigenvalue weighted by atomic mass is 10.3. The van der Waals surface area contributed by atoms with Gasteiger partial charge in [-0.05, 0) is 25.1 Å². The summed E-state index contributed by atoms with van der Waals surface area (Å²) in [6.07, 6.45) is 0. The van der Waals surface area contributed by atoms with Gasteiger partial charge in [0.25, 0.3) is 0 Å². The Hall–Kier alpha value is -1.24. The van der Waals surface area contributed by atoms with Crippen LogP contribution in [-0.2, 0) is 4.79 Å². The van der Waals surface area contributed by atoms with E-state index in [1.165, 1.54) is 23.1 Å². The second-order valence-corrected chi connectivity index (χ2v) is 6.12. The Balaban J connectivity index is 1.91. The molecule has 0 unspecified atom stereocenters. The minimum atomic E-state index is -0.112. The number of nitrogens with two attached hydrogens (primary N) is 1. The second-order valence-electron chi connectivity index (χ2n) is 3.81. The van der Waals surface area contributed by atoms with Crippen molar-refractivity contribution in [1.82, 2.24) is 4.98 Å². The Kier molecular flexibility index (Phi) is 4.68. The monoisotopic (exact) mass is 313 g/mol. The topological polar surface area (TPSA) is 68.0 Å². The highest BCUT2D eigenvalue weighted by Gasteiger charge is 2.08. The molecule has 0 aliphatic rings. The van der Waals surface area contributed by atoms with E-state index in [1.807, 2.05) is 12.3 Å². The fourth-order valence-electron chi connectivity index (χ4n) is 1.34. The molecule has 0 saturated carbocycles. The number of thioether (sulfide) groups is 1. The molecule has 1 amide bonds. The third kappa shape index (κ3) is 4.12. The van der Waals surface area contributed by atoms with E-state index in [2.05, 4.69) is 10.3 Å². The molecule has 4 nitrogen and oxygen atoms in total. The number of aromatic nitrogens is 1. The third-order valence-electron chi connectivity index (χ3n) is 2.20. The zero-order valence-electron chi connectivity index (χ0n) is 10.1. The second kappa shape index (κ2) is 6.27. The summed E-state index contributed by atoms with van der Waals surface area (Å²) in [4.78, 5) is 16.7. The lowest BCUT2D eigenvalue weighted by molar-refractivity contribution is -0.113. The fourth-order valence-corrected chi connectivity index (χ4v) is 3.09. The van der Waals surface area contributed by atoms with Gasteiger partial charge < -0.3 is 11.1 Å². The molecule has 3 N–H and O–H groups in total. The molecule has 0 atom stereocenters. The van der Waals surface area contributed by atoms with E-state index in [-0.39, 0.29) is 11.7 Å². The predicted octanol–water partition coefficient (Wildman–Crippen LogP) is 3.42. The Morgan fingerprint density at radius 3 is 3.05 bits per heavy atom. The summed E-state index contributed by atoms with van der Waals surface area (Å²) in [5, 5.41) is 5.84. The molecule has 100 valence electrons. The summed E-state index contributed by atoms with van der Waals surface area (Å²) in [6, 6.07) is 5.20. The van der Waals surface area contributed by atoms with Crippen molar-refractivity contribution in [1.29, 1.82) is 0 Å². The molecule has 1 aromatic carbocycles. The van der Waals surface area contributed by atoms with E-state index in [0.717, 1.165) is 10.6 Å². The van der Waals surface area contributed by atoms with E-state index >= 15 is 0 Å². The Bertz CT molecular complexity index is 600. The van der Waals surface area contributed by atoms with Gasteiger partial charge in [0.2, 0.25) is 5.91 Å². The lowest BCUT2D eigenvalue weighted by Gasteiger charge is -2.05. The van der Waals surface area contributed by atoms with Gasteiger partial charge in [-0.1, -0.05) is 11.6 Å². The molecule has 7 heteroatoms. The largest absolute Gasteiger partial charge is 0.398 e. The average Bonchev–Trinajstić information content (AvgIpc) is 2.76. The number of nitrogen functional groups attached to an aromatic ring is 1. The molecule has 0 spiro atoms. The number of anilines is 2. The zero-order chi connectivity index (χ0) is 13.8. The van der Waals surface area contributed by atoms with Crippen molar-refractivity contribution < 1.29 is 4.79 Å². The highest BCUT2D eigenvalue weighted by molar-refractivity contribution is 8.00. The van der Waals surface area contributed by atoms with Gasteiger partial charge in [0.15, 0.2) is 5.13 Å². The van der Waals surface area contributed by atoms with Crippen molar-refractivity contribution in [3.8, 4) is 0 Å². The van der Waals surface area contributed by atoms with Crippen molar-refractivity contribution in [3.63, 3.8) is 0 Å². The van der Waals surface area contributed by atoms with Crippen molar-refractivity contribution in [3.05, 3.63) is 34.3 Å². The molecule has 1 heterocycles. The number of hydrogen-bond acceptors (Lipinski definition) is 5. The van der Waals surface area contributed by atoms with E-state index in [9.17, 15) is 4.79 Å². The van der Waals surface area contributed by atoms with Crippen LogP contribution in [0.3, 0.4) is 0 Å². The van der Waals surface area contributed by atoms with Gasteiger partial charge in [-0.3, -0.25) is 4.79 Å². The van der Waals surface area contributed by atoms with Crippen LogP contribution in [0.25, 0.3) is 0 Å². The summed E-state index contributed by atoms with van der Waals surface area (Å²) < 4.78 is 0. The number of amides is 1. The van der Waals surface area contributed by atoms with Gasteiger partial charge in [-0.25, -0.2) is 4.98 Å². The number of nitrogens with zero attached hydrogens (tertiary/aromatic N) is 1. The van der Waals surface area contributed by atoms with Crippen LogP contribution < -0.4 is 11.1 Å². The highest BCUT2D eigenvalue weighted by atomic mass is 35.5. The molecule has 0 saturated heterocycles. The van der Waals surface area contributed by atoms with Crippen molar-refractivity contribution in [2.45, 2.75) is 11.8 Å². The number of carbonyl (C=O) groups is 1. The molecule has 2 aromatic rings. The fraction of sp³-hybridized carbons (Fsp3) is 0.167. The first-order valence-electron chi connectivity index (χ1n) is 5.44. The van der Waals surface area contributed by atoms with Gasteiger partial charge in [-0.2, -0.15) is 0 Å². The molecular formula is C12H12ClN3OS2. The zero-order valence-corrected chi connectivity index (χ0v) is 12.5. The minimum absolute atomic E-state index is 0.112. The quantitative estimate of drug-likeness (QED) is 0.670. The maximum Gasteiger partial charge on any atom is 0.236 e. The molecule has 0 fully saturated rings. The number of aryl methyl sites for hydroxylation is 1. The maximum atomic E-state index is 11.8. The molecule has 0 bridgehead atoms. The van der Waals surface area contributed by atoms with Crippen LogP contribution in [0.4, 0.5) is 10.8 Å². The summed E-state index contributed by atoms with van der Waals surface area (Å²) in [5.74, 6) is 0.155. The van der Waals surface area contributed by atoms with Crippen molar-refractivity contribution in [2.75, 3.05) is 16.8 Å². The van der Waals surface area contributed by atoms with E-state index in [1.54, 1.807) is 18.2 Å². The van der Waals surface area contributed by atoms with Crippen molar-refractivity contribution >= 4 is 51.4 Å². The van der Waals surface area contributed by atoms with E-state index in [4.69, 9.17) is 17.3 Å². The molecule has 0 aliphatic carbocycles. The van der Waals surface area contributed by atoms with Crippen molar-refractivity contribution in [2.24, 2.45) is 0 Å². The van der Waals surface area contributed by atoms with Crippen LogP contribution in [0.5, 0.6) is 0 Å². The number of nitrogens with one attached hydrogen (secondary N) is 1. The molecule has 2 rings (SSSR count). The Labute approximate surface area is 124 Å². The van der Waals surface area contributed by atoms with Gasteiger partial charge in [0.05, 0.1) is 11.4 Å². The van der Waals surface area contributed by atoms with Gasteiger partial charge >= 0.3 is 0 Å². The highest BCUT2D eigenvalue weighted by Crippen LogP contribution is 2.28. The number of rotatable bonds is 4. The third-order valence-corrected chi connectivity index (χ3v) is 4.38. The van der Waals surface area contributed by atoms with Crippen LogP contribution in [0.15, 0.2) is 28.5 Å². The normalized spacial score (nSPS) is 10.4. The van der Waals surface area contributed by atoms with E-state index in [0.29, 0.717) is 15.8 Å². The Morgan fingerprint density at radius 2 is 2.37 bits per heavy atom. The Morgan fingerprint density at radius 1 is 1.58 bits per heavy atom.